The lowest BCUT2D eigenvalue weighted by Gasteiger charge is -2.26. The second-order valence-corrected chi connectivity index (χ2v) is 5.94. The van der Waals surface area contributed by atoms with Crippen LogP contribution in [-0.2, 0) is 4.79 Å². The van der Waals surface area contributed by atoms with Crippen molar-refractivity contribution in [2.24, 2.45) is 5.73 Å². The van der Waals surface area contributed by atoms with Crippen molar-refractivity contribution in [1.29, 1.82) is 0 Å². The highest BCUT2D eigenvalue weighted by molar-refractivity contribution is 5.84. The molecule has 0 radical (unpaired) electrons. The SMILES string of the molecule is CC(C)(N)C(=O)NCCCCCN1CCCCC1. The van der Waals surface area contributed by atoms with Gasteiger partial charge in [0.05, 0.1) is 5.54 Å². The molecule has 0 aromatic carbocycles. The fourth-order valence-corrected chi connectivity index (χ4v) is 2.25. The van der Waals surface area contributed by atoms with Crippen molar-refractivity contribution in [2.45, 2.75) is 57.9 Å². The van der Waals surface area contributed by atoms with Gasteiger partial charge in [0.1, 0.15) is 0 Å². The van der Waals surface area contributed by atoms with E-state index in [2.05, 4.69) is 10.2 Å². The maximum atomic E-state index is 11.5. The first-order valence-electron chi connectivity index (χ1n) is 7.30. The third kappa shape index (κ3) is 6.36. The van der Waals surface area contributed by atoms with Gasteiger partial charge in [0.25, 0.3) is 0 Å². The Morgan fingerprint density at radius 2 is 1.83 bits per heavy atom. The molecule has 3 N–H and O–H groups in total. The molecule has 1 aliphatic heterocycles. The quantitative estimate of drug-likeness (QED) is 0.678. The van der Waals surface area contributed by atoms with Crippen LogP contribution in [0.2, 0.25) is 0 Å². The number of unbranched alkanes of at least 4 members (excludes halogenated alkanes) is 2. The lowest BCUT2D eigenvalue weighted by molar-refractivity contribution is -0.125. The zero-order chi connectivity index (χ0) is 13.4. The van der Waals surface area contributed by atoms with Crippen molar-refractivity contribution in [3.63, 3.8) is 0 Å². The summed E-state index contributed by atoms with van der Waals surface area (Å²) < 4.78 is 0. The molecule has 1 aliphatic rings. The number of hydrogen-bond donors (Lipinski definition) is 2. The molecule has 0 aromatic heterocycles. The molecule has 4 nitrogen and oxygen atoms in total. The number of amides is 1. The zero-order valence-corrected chi connectivity index (χ0v) is 12.0. The normalized spacial score (nSPS) is 17.7. The van der Waals surface area contributed by atoms with Gasteiger partial charge >= 0.3 is 0 Å². The third-order valence-corrected chi connectivity index (χ3v) is 3.47. The van der Waals surface area contributed by atoms with Crippen LogP contribution in [0.25, 0.3) is 0 Å². The van der Waals surface area contributed by atoms with Crippen molar-refractivity contribution in [2.75, 3.05) is 26.2 Å². The lowest BCUT2D eigenvalue weighted by Crippen LogP contribution is -2.49. The average molecular weight is 255 g/mol. The lowest BCUT2D eigenvalue weighted by atomic mass is 10.1. The maximum absolute atomic E-state index is 11.5. The van der Waals surface area contributed by atoms with Gasteiger partial charge in [-0.25, -0.2) is 0 Å². The Morgan fingerprint density at radius 3 is 2.44 bits per heavy atom. The Balaban J connectivity index is 1.94. The molecular formula is C14H29N3O. The van der Waals surface area contributed by atoms with E-state index in [4.69, 9.17) is 5.73 Å². The van der Waals surface area contributed by atoms with Gasteiger partial charge in [0.15, 0.2) is 0 Å². The van der Waals surface area contributed by atoms with Crippen LogP contribution in [0.4, 0.5) is 0 Å². The first-order valence-corrected chi connectivity index (χ1v) is 7.30. The Kier molecular flexibility index (Phi) is 6.65. The molecule has 1 fully saturated rings. The van der Waals surface area contributed by atoms with Gasteiger partial charge in [-0.15, -0.1) is 0 Å². The second-order valence-electron chi connectivity index (χ2n) is 5.94. The Hall–Kier alpha value is -0.610. The van der Waals surface area contributed by atoms with E-state index >= 15 is 0 Å². The van der Waals surface area contributed by atoms with E-state index in [9.17, 15) is 4.79 Å². The van der Waals surface area contributed by atoms with Crippen LogP contribution in [-0.4, -0.2) is 42.5 Å². The summed E-state index contributed by atoms with van der Waals surface area (Å²) in [4.78, 5) is 14.1. The maximum Gasteiger partial charge on any atom is 0.239 e. The largest absolute Gasteiger partial charge is 0.355 e. The predicted molar refractivity (Wildman–Crippen MR) is 75.4 cm³/mol. The van der Waals surface area contributed by atoms with Gasteiger partial charge < -0.3 is 16.0 Å². The minimum Gasteiger partial charge on any atom is -0.355 e. The summed E-state index contributed by atoms with van der Waals surface area (Å²) in [6, 6.07) is 0. The number of carbonyl (C=O) groups is 1. The first-order chi connectivity index (χ1) is 8.50. The molecule has 1 saturated heterocycles. The predicted octanol–water partition coefficient (Wildman–Crippen LogP) is 1.50. The molecule has 0 aliphatic carbocycles. The van der Waals surface area contributed by atoms with Crippen molar-refractivity contribution >= 4 is 5.91 Å². The number of carbonyl (C=O) groups excluding carboxylic acids is 1. The van der Waals surface area contributed by atoms with Crippen molar-refractivity contribution < 1.29 is 4.79 Å². The summed E-state index contributed by atoms with van der Waals surface area (Å²) in [5.41, 5.74) is 4.94. The van der Waals surface area contributed by atoms with Gasteiger partial charge in [-0.05, 0) is 59.2 Å². The summed E-state index contributed by atoms with van der Waals surface area (Å²) in [5.74, 6) is -0.0569. The molecule has 1 heterocycles. The van der Waals surface area contributed by atoms with Crippen LogP contribution in [0, 0.1) is 0 Å². The fourth-order valence-electron chi connectivity index (χ4n) is 2.25. The van der Waals surface area contributed by atoms with Crippen molar-refractivity contribution in [3.8, 4) is 0 Å². The topological polar surface area (TPSA) is 58.4 Å². The number of piperidine rings is 1. The average Bonchev–Trinajstić information content (AvgIpc) is 2.33. The molecule has 0 spiro atoms. The van der Waals surface area contributed by atoms with E-state index in [0.29, 0.717) is 0 Å². The number of nitrogens with zero attached hydrogens (tertiary/aromatic N) is 1. The molecule has 1 amide bonds. The second kappa shape index (κ2) is 7.74. The van der Waals surface area contributed by atoms with E-state index in [1.165, 1.54) is 51.7 Å². The highest BCUT2D eigenvalue weighted by Gasteiger charge is 2.20. The smallest absolute Gasteiger partial charge is 0.239 e. The number of nitrogens with one attached hydrogen (secondary N) is 1. The van der Waals surface area contributed by atoms with E-state index in [1.54, 1.807) is 13.8 Å². The van der Waals surface area contributed by atoms with E-state index < -0.39 is 5.54 Å². The molecule has 18 heavy (non-hydrogen) atoms. The molecule has 0 saturated carbocycles. The number of hydrogen-bond acceptors (Lipinski definition) is 3. The van der Waals surface area contributed by atoms with Crippen LogP contribution in [0.15, 0.2) is 0 Å². The molecule has 0 atom stereocenters. The Labute approximate surface area is 111 Å². The molecule has 0 unspecified atom stereocenters. The number of likely N-dealkylation sites (tertiary alicyclic amines) is 1. The van der Waals surface area contributed by atoms with E-state index in [1.807, 2.05) is 0 Å². The van der Waals surface area contributed by atoms with Crippen molar-refractivity contribution in [3.05, 3.63) is 0 Å². The van der Waals surface area contributed by atoms with Gasteiger partial charge in [-0.1, -0.05) is 12.8 Å². The van der Waals surface area contributed by atoms with Crippen LogP contribution < -0.4 is 11.1 Å². The van der Waals surface area contributed by atoms with Gasteiger partial charge in [0.2, 0.25) is 5.91 Å². The highest BCUT2D eigenvalue weighted by atomic mass is 16.2. The van der Waals surface area contributed by atoms with Gasteiger partial charge in [0, 0.05) is 6.54 Å². The van der Waals surface area contributed by atoms with Crippen molar-refractivity contribution in [1.82, 2.24) is 10.2 Å². The standard InChI is InChI=1S/C14H29N3O/c1-14(2,15)13(18)16-9-5-3-6-10-17-11-7-4-8-12-17/h3-12,15H2,1-2H3,(H,16,18). The molecule has 0 bridgehead atoms. The molecular weight excluding hydrogens is 226 g/mol. The van der Waals surface area contributed by atoms with E-state index in [0.717, 1.165) is 13.0 Å². The van der Waals surface area contributed by atoms with Crippen LogP contribution in [0.5, 0.6) is 0 Å². The molecule has 0 aromatic rings. The summed E-state index contributed by atoms with van der Waals surface area (Å²) in [6.07, 6.45) is 7.60. The minimum absolute atomic E-state index is 0.0569. The summed E-state index contributed by atoms with van der Waals surface area (Å²) in [5, 5.41) is 2.88. The number of rotatable bonds is 7. The Morgan fingerprint density at radius 1 is 1.17 bits per heavy atom. The molecule has 4 heteroatoms. The van der Waals surface area contributed by atoms with Crippen LogP contribution in [0.3, 0.4) is 0 Å². The highest BCUT2D eigenvalue weighted by Crippen LogP contribution is 2.09. The monoisotopic (exact) mass is 255 g/mol. The van der Waals surface area contributed by atoms with Gasteiger partial charge in [-0.3, -0.25) is 4.79 Å². The van der Waals surface area contributed by atoms with Crippen LogP contribution in [0.1, 0.15) is 52.4 Å². The summed E-state index contributed by atoms with van der Waals surface area (Å²) in [6.45, 7) is 7.99. The summed E-state index contributed by atoms with van der Waals surface area (Å²) >= 11 is 0. The minimum atomic E-state index is -0.756. The van der Waals surface area contributed by atoms with E-state index in [-0.39, 0.29) is 5.91 Å². The fraction of sp³-hybridized carbons (Fsp3) is 0.929. The number of nitrogens with two attached hydrogens (primary N) is 1. The summed E-state index contributed by atoms with van der Waals surface area (Å²) in [7, 11) is 0. The van der Waals surface area contributed by atoms with Gasteiger partial charge in [-0.2, -0.15) is 0 Å². The first kappa shape index (κ1) is 15.4. The Bertz CT molecular complexity index is 242. The van der Waals surface area contributed by atoms with Crippen LogP contribution >= 0.6 is 0 Å². The third-order valence-electron chi connectivity index (χ3n) is 3.47. The zero-order valence-electron chi connectivity index (χ0n) is 12.0. The molecule has 1 rings (SSSR count). The molecule has 106 valence electrons.